The van der Waals surface area contributed by atoms with Crippen molar-refractivity contribution < 1.29 is 5.11 Å². The Hall–Kier alpha value is -2.18. The molecule has 1 heterocycles. The molecule has 0 fully saturated rings. The van der Waals surface area contributed by atoms with Crippen LogP contribution in [0.2, 0.25) is 0 Å². The summed E-state index contributed by atoms with van der Waals surface area (Å²) < 4.78 is 0. The van der Waals surface area contributed by atoms with Crippen LogP contribution in [-0.2, 0) is 0 Å². The molecule has 0 aliphatic rings. The minimum atomic E-state index is 0. The van der Waals surface area contributed by atoms with Gasteiger partial charge in [0.1, 0.15) is 5.75 Å². The van der Waals surface area contributed by atoms with Gasteiger partial charge in [0.2, 0.25) is 0 Å². The van der Waals surface area contributed by atoms with Gasteiger partial charge < -0.3 is 5.11 Å². The van der Waals surface area contributed by atoms with E-state index in [4.69, 9.17) is 5.11 Å². The first-order chi connectivity index (χ1) is 8.36. The fourth-order valence-corrected chi connectivity index (χ4v) is 1.44. The smallest absolute Gasteiger partial charge is 0.0701 e. The van der Waals surface area contributed by atoms with Crippen LogP contribution in [-0.4, -0.2) is 20.2 Å². The Labute approximate surface area is 110 Å². The summed E-state index contributed by atoms with van der Waals surface area (Å²) in [5, 5.41) is 9.83. The number of aromatic hydroxyl groups is 1. The summed E-state index contributed by atoms with van der Waals surface area (Å²) in [7, 11) is 0. The SMILES string of the molecule is Oc1ccccc1.[BeH2].c1ccc2ncccc2c1. The molecule has 3 heteroatoms. The van der Waals surface area contributed by atoms with Gasteiger partial charge in [0, 0.05) is 11.6 Å². The maximum Gasteiger partial charge on any atom is 0.0701 e. The van der Waals surface area contributed by atoms with Gasteiger partial charge >= 0.3 is 10.1 Å². The minimum Gasteiger partial charge on any atom is -0.256 e. The second kappa shape index (κ2) is 7.20. The molecule has 0 atom stereocenters. The molecule has 18 heavy (non-hydrogen) atoms. The predicted octanol–water partition coefficient (Wildman–Crippen LogP) is 2.71. The van der Waals surface area contributed by atoms with Gasteiger partial charge in [-0.3, -0.25) is 4.98 Å². The molecule has 0 radical (unpaired) electrons. The Morgan fingerprint density at radius 3 is 1.94 bits per heavy atom. The molecule has 3 aromatic rings. The van der Waals surface area contributed by atoms with E-state index in [1.165, 1.54) is 5.39 Å². The second-order valence-corrected chi connectivity index (χ2v) is 3.53. The molecule has 0 spiro atoms. The Bertz CT molecular complexity index is 519. The molecule has 2 nitrogen and oxygen atoms in total. The van der Waals surface area contributed by atoms with Crippen LogP contribution in [0.4, 0.5) is 0 Å². The van der Waals surface area contributed by atoms with E-state index in [1.54, 1.807) is 24.3 Å². The predicted molar refractivity (Wildman–Crippen MR) is 78.4 cm³/mol. The zero-order chi connectivity index (χ0) is 11.9. The third-order valence-corrected chi connectivity index (χ3v) is 2.27. The molecule has 0 amide bonds. The average Bonchev–Trinajstić information content (AvgIpc) is 2.41. The standard InChI is InChI=1S/C9H7N.C6H6O.Be.2H/c1-2-6-9-8(4-1)5-3-7-10-9;7-6-4-2-1-3-5-6;;;/h1-7H;1-5,7H;;;. The number of hydrogen-bond acceptors (Lipinski definition) is 2. The van der Waals surface area contributed by atoms with Crippen molar-refractivity contribution in [1.29, 1.82) is 0 Å². The number of aromatic nitrogens is 1. The maximum absolute atomic E-state index is 8.63. The molecule has 0 saturated carbocycles. The van der Waals surface area contributed by atoms with E-state index in [2.05, 4.69) is 17.1 Å². The van der Waals surface area contributed by atoms with Gasteiger partial charge in [-0.15, -0.1) is 0 Å². The molecule has 1 N–H and O–H groups in total. The molecule has 0 bridgehead atoms. The number of pyridine rings is 1. The summed E-state index contributed by atoms with van der Waals surface area (Å²) in [6.45, 7) is 0. The molecule has 0 unspecified atom stereocenters. The fraction of sp³-hybridized carbons (Fsp3) is 0. The number of fused-ring (bicyclic) bond motifs is 1. The quantitative estimate of drug-likeness (QED) is 0.607. The van der Waals surface area contributed by atoms with E-state index in [0.29, 0.717) is 5.75 Å². The topological polar surface area (TPSA) is 33.1 Å². The first kappa shape index (κ1) is 13.9. The van der Waals surface area contributed by atoms with Crippen molar-refractivity contribution in [2.45, 2.75) is 0 Å². The zero-order valence-electron chi connectivity index (χ0n) is 9.32. The molecular formula is C15H15BeNO. The van der Waals surface area contributed by atoms with Crippen LogP contribution in [0.5, 0.6) is 5.75 Å². The molecule has 2 aromatic carbocycles. The Morgan fingerprint density at radius 2 is 1.33 bits per heavy atom. The summed E-state index contributed by atoms with van der Waals surface area (Å²) >= 11 is 0. The van der Waals surface area contributed by atoms with Gasteiger partial charge in [-0.25, -0.2) is 0 Å². The minimum absolute atomic E-state index is 0. The summed E-state index contributed by atoms with van der Waals surface area (Å²) in [6, 6.07) is 20.8. The summed E-state index contributed by atoms with van der Waals surface area (Å²) in [4.78, 5) is 4.18. The van der Waals surface area contributed by atoms with Crippen LogP contribution >= 0.6 is 0 Å². The Kier molecular flexibility index (Phi) is 5.56. The first-order valence-electron chi connectivity index (χ1n) is 5.40. The average molecular weight is 234 g/mol. The van der Waals surface area contributed by atoms with Gasteiger partial charge in [0.15, 0.2) is 0 Å². The summed E-state index contributed by atoms with van der Waals surface area (Å²) in [5.41, 5.74) is 1.06. The van der Waals surface area contributed by atoms with Gasteiger partial charge in [0.05, 0.1) is 5.52 Å². The van der Waals surface area contributed by atoms with Crippen molar-refractivity contribution in [1.82, 2.24) is 4.98 Å². The Balaban J connectivity index is 0.000000181. The molecule has 88 valence electrons. The zero-order valence-corrected chi connectivity index (χ0v) is 9.32. The number of hydrogen-bond donors (Lipinski definition) is 1. The van der Waals surface area contributed by atoms with E-state index < -0.39 is 0 Å². The van der Waals surface area contributed by atoms with Crippen molar-refractivity contribution >= 4 is 21.0 Å². The monoisotopic (exact) mass is 234 g/mol. The number of rotatable bonds is 0. The number of phenols is 1. The van der Waals surface area contributed by atoms with Crippen LogP contribution in [0, 0.1) is 0 Å². The fourth-order valence-electron chi connectivity index (χ4n) is 1.44. The van der Waals surface area contributed by atoms with Crippen LogP contribution < -0.4 is 0 Å². The molecule has 0 aliphatic heterocycles. The number of benzene rings is 2. The molecule has 1 aromatic heterocycles. The van der Waals surface area contributed by atoms with Crippen molar-refractivity contribution in [3.8, 4) is 5.75 Å². The molecule has 0 saturated heterocycles. The van der Waals surface area contributed by atoms with E-state index >= 15 is 0 Å². The van der Waals surface area contributed by atoms with Crippen LogP contribution in [0.25, 0.3) is 10.9 Å². The first-order valence-corrected chi connectivity index (χ1v) is 5.40. The van der Waals surface area contributed by atoms with Gasteiger partial charge in [-0.05, 0) is 24.3 Å². The largest absolute Gasteiger partial charge is 0.256 e. The number of nitrogens with zero attached hydrogens (tertiary/aromatic N) is 1. The summed E-state index contributed by atoms with van der Waals surface area (Å²) in [6.07, 6.45) is 1.81. The van der Waals surface area contributed by atoms with Crippen molar-refractivity contribution in [3.63, 3.8) is 0 Å². The van der Waals surface area contributed by atoms with Crippen LogP contribution in [0.15, 0.2) is 72.9 Å². The van der Waals surface area contributed by atoms with Gasteiger partial charge in [-0.2, -0.15) is 0 Å². The van der Waals surface area contributed by atoms with E-state index in [1.807, 2.05) is 36.5 Å². The van der Waals surface area contributed by atoms with Gasteiger partial charge in [-0.1, -0.05) is 42.5 Å². The van der Waals surface area contributed by atoms with Crippen molar-refractivity contribution in [2.24, 2.45) is 0 Å². The van der Waals surface area contributed by atoms with Crippen LogP contribution in [0.1, 0.15) is 0 Å². The van der Waals surface area contributed by atoms with E-state index in [-0.39, 0.29) is 10.1 Å². The third-order valence-electron chi connectivity index (χ3n) is 2.27. The second-order valence-electron chi connectivity index (χ2n) is 3.53. The molecule has 0 aliphatic carbocycles. The van der Waals surface area contributed by atoms with Crippen molar-refractivity contribution in [2.75, 3.05) is 0 Å². The van der Waals surface area contributed by atoms with E-state index in [9.17, 15) is 0 Å². The van der Waals surface area contributed by atoms with Crippen LogP contribution in [0.3, 0.4) is 0 Å². The molecule has 3 rings (SSSR count). The Morgan fingerprint density at radius 1 is 0.722 bits per heavy atom. The third kappa shape index (κ3) is 4.00. The normalized spacial score (nSPS) is 8.89. The number of para-hydroxylation sites is 2. The van der Waals surface area contributed by atoms with E-state index in [0.717, 1.165) is 5.52 Å². The maximum atomic E-state index is 8.63. The van der Waals surface area contributed by atoms with Gasteiger partial charge in [0.25, 0.3) is 0 Å². The number of phenolic OH excluding ortho intramolecular Hbond substituents is 1. The summed E-state index contributed by atoms with van der Waals surface area (Å²) in [5.74, 6) is 0.322. The molecular weight excluding hydrogens is 219 g/mol. The van der Waals surface area contributed by atoms with Crippen molar-refractivity contribution in [3.05, 3.63) is 72.9 Å².